The van der Waals surface area contributed by atoms with Crippen LogP contribution in [0.2, 0.25) is 0 Å². The fourth-order valence-corrected chi connectivity index (χ4v) is 4.10. The first kappa shape index (κ1) is 24.0. The van der Waals surface area contributed by atoms with Crippen LogP contribution >= 0.6 is 0 Å². The minimum atomic E-state index is -0.518. The molecular weight excluding hydrogens is 500 g/mol. The molecular formula is C26H24N10O3. The van der Waals surface area contributed by atoms with Gasteiger partial charge in [0, 0.05) is 30.4 Å². The number of carbonyl (C=O) groups is 1. The smallest absolute Gasteiger partial charge is 0.326 e. The number of rotatable bonds is 7. The monoisotopic (exact) mass is 524 g/mol. The Hall–Kier alpha value is -5.33. The number of pyridine rings is 1. The Morgan fingerprint density at radius 3 is 2.74 bits per heavy atom. The molecule has 5 N–H and O–H groups in total. The van der Waals surface area contributed by atoms with Gasteiger partial charge in [-0.2, -0.15) is 19.6 Å². The molecule has 0 unspecified atom stereocenters. The van der Waals surface area contributed by atoms with Crippen molar-refractivity contribution in [2.24, 2.45) is 4.99 Å². The zero-order valence-electron chi connectivity index (χ0n) is 20.8. The van der Waals surface area contributed by atoms with Crippen LogP contribution in [0.15, 0.2) is 58.6 Å². The zero-order chi connectivity index (χ0) is 26.9. The number of aromatic hydroxyl groups is 1. The maximum atomic E-state index is 11.6. The number of hydrogen-bond acceptors (Lipinski definition) is 9. The number of nitrogens with one attached hydrogen (secondary N) is 4. The normalized spacial score (nSPS) is 14.2. The molecule has 4 heterocycles. The molecule has 13 nitrogen and oxygen atoms in total. The summed E-state index contributed by atoms with van der Waals surface area (Å²) in [6.45, 7) is 1.86. The van der Waals surface area contributed by atoms with E-state index in [1.54, 1.807) is 29.1 Å². The third-order valence-electron chi connectivity index (χ3n) is 6.09. The zero-order valence-corrected chi connectivity index (χ0v) is 20.8. The van der Waals surface area contributed by atoms with E-state index in [4.69, 9.17) is 4.99 Å². The molecule has 1 amide bonds. The molecule has 5 aromatic rings. The summed E-state index contributed by atoms with van der Waals surface area (Å²) in [7, 11) is 0. The molecule has 0 aliphatic heterocycles. The van der Waals surface area contributed by atoms with Crippen molar-refractivity contribution in [3.05, 3.63) is 81.4 Å². The minimum absolute atomic E-state index is 0.179. The Kier molecular flexibility index (Phi) is 6.07. The van der Waals surface area contributed by atoms with Crippen molar-refractivity contribution in [2.75, 3.05) is 10.6 Å². The van der Waals surface area contributed by atoms with E-state index in [1.165, 1.54) is 6.92 Å². The standard InChI is InChI=1S/C26H24N10O3/c1-14(37)30-21-9-6-16(11-27-21)19-5-3-2-4-15(19)12-28-24-33-22-17(10-20-23(38)34-26(39)32-20)13-29-36(22)25(35-24)31-18-7-8-18/h2-6,9-11,13,18,38H,7-8,12H2,1H3,(H,27,30,37)(H,28,31,35)(H2,32,34,39). The molecule has 1 fully saturated rings. The molecule has 0 atom stereocenters. The van der Waals surface area contributed by atoms with Crippen molar-refractivity contribution < 1.29 is 9.90 Å². The largest absolute Gasteiger partial charge is 0.493 e. The van der Waals surface area contributed by atoms with Crippen molar-refractivity contribution in [1.82, 2.24) is 34.5 Å². The molecule has 196 valence electrons. The molecule has 0 spiro atoms. The van der Waals surface area contributed by atoms with Gasteiger partial charge in [-0.25, -0.2) is 14.8 Å². The molecule has 6 rings (SSSR count). The van der Waals surface area contributed by atoms with Crippen LogP contribution in [0.4, 0.5) is 11.8 Å². The van der Waals surface area contributed by atoms with E-state index >= 15 is 0 Å². The Morgan fingerprint density at radius 2 is 2.03 bits per heavy atom. The highest BCUT2D eigenvalue weighted by atomic mass is 16.3. The van der Waals surface area contributed by atoms with Crippen molar-refractivity contribution in [2.45, 2.75) is 32.4 Å². The van der Waals surface area contributed by atoms with Crippen LogP contribution in [0.25, 0.3) is 22.9 Å². The second-order valence-corrected chi connectivity index (χ2v) is 9.15. The van der Waals surface area contributed by atoms with Crippen molar-refractivity contribution in [1.29, 1.82) is 0 Å². The Labute approximate surface area is 220 Å². The van der Waals surface area contributed by atoms with E-state index in [1.807, 2.05) is 30.3 Å². The van der Waals surface area contributed by atoms with Gasteiger partial charge in [-0.1, -0.05) is 24.3 Å². The first-order valence-electron chi connectivity index (χ1n) is 12.3. The van der Waals surface area contributed by atoms with Gasteiger partial charge in [0.25, 0.3) is 5.62 Å². The van der Waals surface area contributed by atoms with Gasteiger partial charge in [0.05, 0.1) is 12.2 Å². The van der Waals surface area contributed by atoms with Gasteiger partial charge < -0.3 is 20.7 Å². The van der Waals surface area contributed by atoms with Gasteiger partial charge in [0.15, 0.2) is 5.65 Å². The lowest BCUT2D eigenvalue weighted by Gasteiger charge is -2.11. The van der Waals surface area contributed by atoms with Crippen molar-refractivity contribution >= 4 is 29.4 Å². The fourth-order valence-electron chi connectivity index (χ4n) is 4.10. The summed E-state index contributed by atoms with van der Waals surface area (Å²) in [6.07, 6.45) is 6.87. The maximum absolute atomic E-state index is 11.6. The average molecular weight is 525 g/mol. The first-order chi connectivity index (χ1) is 18.9. The van der Waals surface area contributed by atoms with Gasteiger partial charge in [-0.05, 0) is 42.2 Å². The molecule has 1 aliphatic carbocycles. The minimum Gasteiger partial charge on any atom is -0.493 e. The summed E-state index contributed by atoms with van der Waals surface area (Å²) < 4.78 is 1.55. The second kappa shape index (κ2) is 9.85. The summed E-state index contributed by atoms with van der Waals surface area (Å²) in [5.74, 6) is 0.395. The van der Waals surface area contributed by atoms with Crippen LogP contribution in [-0.2, 0) is 11.3 Å². The lowest BCUT2D eigenvalue weighted by molar-refractivity contribution is -0.114. The lowest BCUT2D eigenvalue weighted by Crippen LogP contribution is -2.24. The van der Waals surface area contributed by atoms with E-state index < -0.39 is 5.69 Å². The Morgan fingerprint density at radius 1 is 1.18 bits per heavy atom. The number of amides is 1. The quantitative estimate of drug-likeness (QED) is 0.210. The molecule has 1 aromatic carbocycles. The maximum Gasteiger partial charge on any atom is 0.326 e. The number of carbonyl (C=O) groups excluding carboxylic acids is 1. The number of aromatic amines is 2. The molecule has 0 saturated heterocycles. The molecule has 1 saturated carbocycles. The van der Waals surface area contributed by atoms with Crippen LogP contribution in [-0.4, -0.2) is 51.6 Å². The number of nitrogens with zero attached hydrogens (tertiary/aromatic N) is 6. The van der Waals surface area contributed by atoms with Crippen LogP contribution in [0, 0.1) is 0 Å². The van der Waals surface area contributed by atoms with Crippen molar-refractivity contribution in [3.8, 4) is 17.0 Å². The molecule has 0 bridgehead atoms. The third kappa shape index (κ3) is 5.23. The van der Waals surface area contributed by atoms with Crippen LogP contribution in [0.5, 0.6) is 5.88 Å². The van der Waals surface area contributed by atoms with Crippen LogP contribution in [0.1, 0.15) is 31.0 Å². The van der Waals surface area contributed by atoms with E-state index in [0.717, 1.165) is 29.5 Å². The van der Waals surface area contributed by atoms with Crippen molar-refractivity contribution in [3.63, 3.8) is 0 Å². The first-order valence-corrected chi connectivity index (χ1v) is 12.3. The molecule has 1 aliphatic rings. The number of anilines is 2. The van der Waals surface area contributed by atoms with E-state index in [2.05, 4.69) is 40.7 Å². The summed E-state index contributed by atoms with van der Waals surface area (Å²) in [5.41, 5.74) is 3.45. The second-order valence-electron chi connectivity index (χ2n) is 9.15. The van der Waals surface area contributed by atoms with Gasteiger partial charge in [-0.15, -0.1) is 0 Å². The highest BCUT2D eigenvalue weighted by molar-refractivity contribution is 5.87. The number of aromatic nitrogens is 7. The lowest BCUT2D eigenvalue weighted by atomic mass is 10.0. The number of hydrogen-bond donors (Lipinski definition) is 5. The summed E-state index contributed by atoms with van der Waals surface area (Å²) in [5, 5.41) is 20.9. The van der Waals surface area contributed by atoms with E-state index in [9.17, 15) is 14.7 Å². The molecule has 13 heteroatoms. The van der Waals surface area contributed by atoms with E-state index in [-0.39, 0.29) is 23.5 Å². The predicted molar refractivity (Wildman–Crippen MR) is 143 cm³/mol. The number of fused-ring (bicyclic) bond motifs is 1. The molecule has 0 radical (unpaired) electrons. The molecule has 4 aromatic heterocycles. The number of imidazole rings is 1. The van der Waals surface area contributed by atoms with Gasteiger partial charge in [0.2, 0.25) is 17.7 Å². The fraction of sp³-hybridized carbons (Fsp3) is 0.192. The topological polar surface area (TPSA) is 178 Å². The highest BCUT2D eigenvalue weighted by Gasteiger charge is 2.21. The third-order valence-corrected chi connectivity index (χ3v) is 6.09. The summed E-state index contributed by atoms with van der Waals surface area (Å²) >= 11 is 0. The summed E-state index contributed by atoms with van der Waals surface area (Å²) in [6, 6.07) is 11.8. The van der Waals surface area contributed by atoms with Crippen LogP contribution < -0.4 is 27.2 Å². The van der Waals surface area contributed by atoms with Crippen LogP contribution in [0.3, 0.4) is 0 Å². The predicted octanol–water partition coefficient (Wildman–Crippen LogP) is 1.09. The van der Waals surface area contributed by atoms with Gasteiger partial charge in [0.1, 0.15) is 11.5 Å². The molecule has 39 heavy (non-hydrogen) atoms. The Balaban J connectivity index is 1.34. The number of benzene rings is 1. The summed E-state index contributed by atoms with van der Waals surface area (Å²) in [4.78, 5) is 46.0. The SMILES string of the molecule is CC(=O)Nc1ccc(-c2ccccc2CNc2nc(=NC3CC3)n3ncc(=Cc4[nH]c(=O)[nH]c4O)c3n2)cn1. The highest BCUT2D eigenvalue weighted by Crippen LogP contribution is 2.25. The van der Waals surface area contributed by atoms with Gasteiger partial charge >= 0.3 is 5.69 Å². The number of H-pyrrole nitrogens is 2. The van der Waals surface area contributed by atoms with E-state index in [0.29, 0.717) is 34.8 Å². The average Bonchev–Trinajstić information content (AvgIpc) is 3.55. The Bertz CT molecular complexity index is 1870. The van der Waals surface area contributed by atoms with Gasteiger partial charge in [-0.3, -0.25) is 9.78 Å².